The van der Waals surface area contributed by atoms with Gasteiger partial charge in [-0.15, -0.1) is 0 Å². The molecule has 2 rings (SSSR count). The van der Waals surface area contributed by atoms with Crippen molar-refractivity contribution in [1.29, 1.82) is 0 Å². The summed E-state index contributed by atoms with van der Waals surface area (Å²) in [6.07, 6.45) is 3.18. The van der Waals surface area contributed by atoms with Gasteiger partial charge in [-0.2, -0.15) is 0 Å². The van der Waals surface area contributed by atoms with Crippen molar-refractivity contribution in [2.45, 2.75) is 25.3 Å². The normalized spacial score (nSPS) is 29.0. The Hall–Kier alpha value is -0.610. The van der Waals surface area contributed by atoms with E-state index < -0.39 is 5.97 Å². The van der Waals surface area contributed by atoms with Crippen LogP contribution in [-0.2, 0) is 9.53 Å². The highest BCUT2D eigenvalue weighted by molar-refractivity contribution is 5.74. The molecular formula is C10H17NO3. The van der Waals surface area contributed by atoms with Gasteiger partial charge in [0.2, 0.25) is 0 Å². The number of nitrogens with one attached hydrogen (secondary N) is 1. The molecule has 2 aliphatic rings. The van der Waals surface area contributed by atoms with Crippen molar-refractivity contribution in [2.75, 3.05) is 19.8 Å². The molecule has 80 valence electrons. The third-order valence-corrected chi connectivity index (χ3v) is 3.01. The Morgan fingerprint density at radius 2 is 2.29 bits per heavy atom. The summed E-state index contributed by atoms with van der Waals surface area (Å²) in [5, 5.41) is 12.1. The highest BCUT2D eigenvalue weighted by Crippen LogP contribution is 2.32. The molecule has 2 N–H and O–H groups in total. The van der Waals surface area contributed by atoms with E-state index in [2.05, 4.69) is 5.32 Å². The molecule has 4 heteroatoms. The van der Waals surface area contributed by atoms with Crippen molar-refractivity contribution in [1.82, 2.24) is 5.32 Å². The minimum atomic E-state index is -0.702. The van der Waals surface area contributed by atoms with Crippen molar-refractivity contribution in [3.8, 4) is 0 Å². The van der Waals surface area contributed by atoms with E-state index in [1.165, 1.54) is 0 Å². The van der Waals surface area contributed by atoms with Crippen LogP contribution in [-0.4, -0.2) is 36.9 Å². The average Bonchev–Trinajstić information content (AvgIpc) is 2.82. The van der Waals surface area contributed by atoms with Gasteiger partial charge in [0, 0.05) is 13.2 Å². The number of carboxylic acid groups (broad SMARTS) is 1. The Morgan fingerprint density at radius 1 is 1.50 bits per heavy atom. The SMILES string of the molecule is O=C(O)C(NCC1CCOC1)C1CC1. The second-order valence-corrected chi connectivity index (χ2v) is 4.29. The fraction of sp³-hybridized carbons (Fsp3) is 0.900. The molecule has 0 bridgehead atoms. The third-order valence-electron chi connectivity index (χ3n) is 3.01. The fourth-order valence-electron chi connectivity index (χ4n) is 1.92. The monoisotopic (exact) mass is 199 g/mol. The second-order valence-electron chi connectivity index (χ2n) is 4.29. The van der Waals surface area contributed by atoms with Crippen LogP contribution in [0.3, 0.4) is 0 Å². The van der Waals surface area contributed by atoms with E-state index in [1.807, 2.05) is 0 Å². The van der Waals surface area contributed by atoms with E-state index >= 15 is 0 Å². The predicted octanol–water partition coefficient (Wildman–Crippen LogP) is 0.476. The topological polar surface area (TPSA) is 58.6 Å². The van der Waals surface area contributed by atoms with Crippen molar-refractivity contribution in [3.63, 3.8) is 0 Å². The van der Waals surface area contributed by atoms with Gasteiger partial charge in [-0.05, 0) is 31.1 Å². The Balaban J connectivity index is 1.73. The fourth-order valence-corrected chi connectivity index (χ4v) is 1.92. The van der Waals surface area contributed by atoms with Crippen LogP contribution < -0.4 is 5.32 Å². The summed E-state index contributed by atoms with van der Waals surface area (Å²) in [6.45, 7) is 2.39. The van der Waals surface area contributed by atoms with E-state index in [4.69, 9.17) is 9.84 Å². The summed E-state index contributed by atoms with van der Waals surface area (Å²) in [5.74, 6) is 0.178. The second kappa shape index (κ2) is 4.28. The van der Waals surface area contributed by atoms with E-state index in [0.717, 1.165) is 39.0 Å². The van der Waals surface area contributed by atoms with Crippen molar-refractivity contribution in [3.05, 3.63) is 0 Å². The molecule has 2 fully saturated rings. The van der Waals surface area contributed by atoms with Crippen LogP contribution in [0.1, 0.15) is 19.3 Å². The predicted molar refractivity (Wildman–Crippen MR) is 51.1 cm³/mol. The molecule has 2 unspecified atom stereocenters. The smallest absolute Gasteiger partial charge is 0.320 e. The number of rotatable bonds is 5. The van der Waals surface area contributed by atoms with Crippen LogP contribution in [0, 0.1) is 11.8 Å². The Labute approximate surface area is 83.6 Å². The van der Waals surface area contributed by atoms with Crippen LogP contribution >= 0.6 is 0 Å². The van der Waals surface area contributed by atoms with Gasteiger partial charge in [-0.1, -0.05) is 0 Å². The summed E-state index contributed by atoms with van der Waals surface area (Å²) < 4.78 is 5.24. The van der Waals surface area contributed by atoms with E-state index in [9.17, 15) is 4.79 Å². The zero-order chi connectivity index (χ0) is 9.97. The molecule has 0 aromatic heterocycles. The first-order chi connectivity index (χ1) is 6.77. The molecule has 0 radical (unpaired) electrons. The van der Waals surface area contributed by atoms with Crippen molar-refractivity contribution < 1.29 is 14.6 Å². The summed E-state index contributed by atoms with van der Waals surface area (Å²) in [4.78, 5) is 10.9. The molecule has 1 aliphatic carbocycles. The van der Waals surface area contributed by atoms with Crippen molar-refractivity contribution in [2.24, 2.45) is 11.8 Å². The number of hydrogen-bond acceptors (Lipinski definition) is 3. The van der Waals surface area contributed by atoms with E-state index in [-0.39, 0.29) is 6.04 Å². The van der Waals surface area contributed by atoms with Crippen LogP contribution in [0.15, 0.2) is 0 Å². The summed E-state index contributed by atoms with van der Waals surface area (Å²) >= 11 is 0. The minimum absolute atomic E-state index is 0.324. The van der Waals surface area contributed by atoms with Gasteiger partial charge in [0.05, 0.1) is 6.61 Å². The molecule has 0 aromatic rings. The first kappa shape index (κ1) is 9.93. The largest absolute Gasteiger partial charge is 0.480 e. The average molecular weight is 199 g/mol. The quantitative estimate of drug-likeness (QED) is 0.676. The molecular weight excluding hydrogens is 182 g/mol. The summed E-state index contributed by atoms with van der Waals surface area (Å²) in [6, 6.07) is -0.324. The zero-order valence-electron chi connectivity index (χ0n) is 8.24. The lowest BCUT2D eigenvalue weighted by Gasteiger charge is -2.15. The van der Waals surface area contributed by atoms with Gasteiger partial charge < -0.3 is 15.2 Å². The number of ether oxygens (including phenoxy) is 1. The minimum Gasteiger partial charge on any atom is -0.480 e. The maximum absolute atomic E-state index is 10.9. The van der Waals surface area contributed by atoms with E-state index in [1.54, 1.807) is 0 Å². The lowest BCUT2D eigenvalue weighted by molar-refractivity contribution is -0.140. The number of aliphatic carboxylic acids is 1. The van der Waals surface area contributed by atoms with Crippen LogP contribution in [0.2, 0.25) is 0 Å². The zero-order valence-corrected chi connectivity index (χ0v) is 8.24. The number of carboxylic acids is 1. The third kappa shape index (κ3) is 2.45. The number of hydrogen-bond donors (Lipinski definition) is 2. The maximum atomic E-state index is 10.9. The van der Waals surface area contributed by atoms with Crippen molar-refractivity contribution >= 4 is 5.97 Å². The molecule has 0 amide bonds. The molecule has 4 nitrogen and oxygen atoms in total. The lowest BCUT2D eigenvalue weighted by Crippen LogP contribution is -2.41. The number of carbonyl (C=O) groups is 1. The Bertz CT molecular complexity index is 209. The van der Waals surface area contributed by atoms with Gasteiger partial charge in [0.15, 0.2) is 0 Å². The van der Waals surface area contributed by atoms with Crippen LogP contribution in [0.25, 0.3) is 0 Å². The summed E-state index contributed by atoms with van der Waals surface area (Å²) in [5.41, 5.74) is 0. The maximum Gasteiger partial charge on any atom is 0.320 e. The summed E-state index contributed by atoms with van der Waals surface area (Å²) in [7, 11) is 0. The van der Waals surface area contributed by atoms with Crippen LogP contribution in [0.5, 0.6) is 0 Å². The van der Waals surface area contributed by atoms with Gasteiger partial charge in [-0.25, -0.2) is 0 Å². The van der Waals surface area contributed by atoms with Gasteiger partial charge in [0.1, 0.15) is 6.04 Å². The molecule has 14 heavy (non-hydrogen) atoms. The molecule has 0 aromatic carbocycles. The standard InChI is InChI=1S/C10H17NO3/c12-10(13)9(8-1-2-8)11-5-7-3-4-14-6-7/h7-9,11H,1-6H2,(H,12,13). The highest BCUT2D eigenvalue weighted by atomic mass is 16.5. The first-order valence-electron chi connectivity index (χ1n) is 5.31. The molecule has 1 saturated heterocycles. The molecule has 0 spiro atoms. The lowest BCUT2D eigenvalue weighted by atomic mass is 10.1. The highest BCUT2D eigenvalue weighted by Gasteiger charge is 2.36. The molecule has 1 saturated carbocycles. The van der Waals surface area contributed by atoms with Crippen LogP contribution in [0.4, 0.5) is 0 Å². The van der Waals surface area contributed by atoms with Gasteiger partial charge in [-0.3, -0.25) is 4.79 Å². The van der Waals surface area contributed by atoms with Gasteiger partial charge in [0.25, 0.3) is 0 Å². The van der Waals surface area contributed by atoms with Gasteiger partial charge >= 0.3 is 5.97 Å². The first-order valence-corrected chi connectivity index (χ1v) is 5.31. The van der Waals surface area contributed by atoms with E-state index in [0.29, 0.717) is 11.8 Å². The Morgan fingerprint density at radius 3 is 2.79 bits per heavy atom. The molecule has 1 heterocycles. The molecule has 2 atom stereocenters. The Kier molecular flexibility index (Phi) is 3.03. The molecule has 1 aliphatic heterocycles.